The molecular weight excluding hydrogens is 521 g/mol. The number of anilines is 1. The SMILES string of the molecule is CC[C@@H](C(=O)NC1CCCCC1)N(Cc1ccc(OC)cc1)C(=O)CCCN(c1ccccc1F)S(C)(=O)=O. The van der Waals surface area contributed by atoms with Crippen LogP contribution in [-0.2, 0) is 26.2 Å². The van der Waals surface area contributed by atoms with Gasteiger partial charge in [0.15, 0.2) is 0 Å². The van der Waals surface area contributed by atoms with Gasteiger partial charge in [0.2, 0.25) is 21.8 Å². The van der Waals surface area contributed by atoms with Crippen molar-refractivity contribution in [1.29, 1.82) is 0 Å². The predicted octanol–water partition coefficient (Wildman–Crippen LogP) is 4.64. The molecule has 0 radical (unpaired) electrons. The first kappa shape index (κ1) is 30.4. The molecule has 8 nitrogen and oxygen atoms in total. The Hall–Kier alpha value is -3.14. The van der Waals surface area contributed by atoms with Crippen LogP contribution in [0.15, 0.2) is 48.5 Å². The summed E-state index contributed by atoms with van der Waals surface area (Å²) in [6.07, 6.45) is 6.82. The Morgan fingerprint density at radius 1 is 1.08 bits per heavy atom. The van der Waals surface area contributed by atoms with Crippen LogP contribution in [0.4, 0.5) is 10.1 Å². The maximum absolute atomic E-state index is 14.4. The van der Waals surface area contributed by atoms with Gasteiger partial charge in [-0.2, -0.15) is 0 Å². The third-order valence-corrected chi connectivity index (χ3v) is 8.30. The molecule has 2 aromatic carbocycles. The van der Waals surface area contributed by atoms with Crippen LogP contribution >= 0.6 is 0 Å². The van der Waals surface area contributed by atoms with Crippen LogP contribution in [0.1, 0.15) is 63.9 Å². The molecule has 2 amide bonds. The molecule has 10 heteroatoms. The zero-order chi connectivity index (χ0) is 28.4. The van der Waals surface area contributed by atoms with Crippen molar-refractivity contribution in [2.24, 2.45) is 0 Å². The molecule has 1 N–H and O–H groups in total. The van der Waals surface area contributed by atoms with Gasteiger partial charge in [-0.05, 0) is 55.5 Å². The van der Waals surface area contributed by atoms with Gasteiger partial charge in [-0.15, -0.1) is 0 Å². The molecular formula is C29H40FN3O5S. The number of nitrogens with one attached hydrogen (secondary N) is 1. The highest BCUT2D eigenvalue weighted by Crippen LogP contribution is 2.23. The van der Waals surface area contributed by atoms with Crippen LogP contribution in [0.2, 0.25) is 0 Å². The van der Waals surface area contributed by atoms with E-state index in [2.05, 4.69) is 5.32 Å². The zero-order valence-corrected chi connectivity index (χ0v) is 23.9. The summed E-state index contributed by atoms with van der Waals surface area (Å²) in [4.78, 5) is 28.5. The highest BCUT2D eigenvalue weighted by Gasteiger charge is 2.30. The first-order valence-corrected chi connectivity index (χ1v) is 15.4. The molecule has 1 atom stereocenters. The van der Waals surface area contributed by atoms with E-state index in [1.165, 1.54) is 24.6 Å². The minimum Gasteiger partial charge on any atom is -0.497 e. The van der Waals surface area contributed by atoms with E-state index in [0.29, 0.717) is 12.2 Å². The van der Waals surface area contributed by atoms with E-state index in [1.54, 1.807) is 30.2 Å². The van der Waals surface area contributed by atoms with Gasteiger partial charge < -0.3 is 15.0 Å². The van der Waals surface area contributed by atoms with Crippen LogP contribution in [0, 0.1) is 5.82 Å². The fourth-order valence-corrected chi connectivity index (χ4v) is 5.99. The molecule has 1 aliphatic carbocycles. The maximum Gasteiger partial charge on any atom is 0.243 e. The van der Waals surface area contributed by atoms with Crippen LogP contribution < -0.4 is 14.4 Å². The molecule has 1 saturated carbocycles. The number of benzene rings is 2. The number of halogens is 1. The summed E-state index contributed by atoms with van der Waals surface area (Å²) in [6.45, 7) is 2.04. The highest BCUT2D eigenvalue weighted by molar-refractivity contribution is 7.92. The third-order valence-electron chi connectivity index (χ3n) is 7.12. The zero-order valence-electron chi connectivity index (χ0n) is 23.1. The van der Waals surface area contributed by atoms with Crippen molar-refractivity contribution in [2.45, 2.75) is 76.9 Å². The molecule has 1 fully saturated rings. The molecule has 0 saturated heterocycles. The number of carbonyl (C=O) groups is 2. The van der Waals surface area contributed by atoms with Gasteiger partial charge >= 0.3 is 0 Å². The smallest absolute Gasteiger partial charge is 0.243 e. The van der Waals surface area contributed by atoms with Crippen molar-refractivity contribution < 1.29 is 27.1 Å². The molecule has 0 aliphatic heterocycles. The molecule has 214 valence electrons. The Bertz CT molecular complexity index is 1200. The Kier molecular flexibility index (Phi) is 11.2. The largest absolute Gasteiger partial charge is 0.497 e. The molecule has 0 spiro atoms. The van der Waals surface area contributed by atoms with Gasteiger partial charge in [0.05, 0.1) is 19.1 Å². The van der Waals surface area contributed by atoms with Crippen molar-refractivity contribution >= 4 is 27.5 Å². The van der Waals surface area contributed by atoms with Crippen molar-refractivity contribution in [3.8, 4) is 5.75 Å². The predicted molar refractivity (Wildman–Crippen MR) is 150 cm³/mol. The Balaban J connectivity index is 1.77. The fourth-order valence-electron chi connectivity index (χ4n) is 5.03. The standard InChI is InChI=1S/C29H40FN3O5S/c1-4-26(29(35)31-23-11-6-5-7-12-23)32(21-22-16-18-24(38-2)19-17-22)28(34)15-10-20-33(39(3,36)37)27-14-9-8-13-25(27)30/h8-9,13-14,16-19,23,26H,4-7,10-12,15,20-21H2,1-3H3,(H,31,35)/t26-/m0/s1. The third kappa shape index (κ3) is 8.68. The number of rotatable bonds is 13. The number of carbonyl (C=O) groups excluding carboxylic acids is 2. The van der Waals surface area contributed by atoms with Gasteiger partial charge in [-0.1, -0.05) is 50.5 Å². The minimum atomic E-state index is -3.77. The first-order chi connectivity index (χ1) is 18.6. The minimum absolute atomic E-state index is 0.00381. The van der Waals surface area contributed by atoms with Crippen molar-refractivity contribution in [3.63, 3.8) is 0 Å². The van der Waals surface area contributed by atoms with Gasteiger partial charge in [0.25, 0.3) is 0 Å². The van der Waals surface area contributed by atoms with Crippen LogP contribution in [0.5, 0.6) is 5.75 Å². The summed E-state index contributed by atoms with van der Waals surface area (Å²) in [7, 11) is -2.19. The maximum atomic E-state index is 14.4. The molecule has 0 aromatic heterocycles. The highest BCUT2D eigenvalue weighted by atomic mass is 32.2. The van der Waals surface area contributed by atoms with E-state index >= 15 is 0 Å². The first-order valence-electron chi connectivity index (χ1n) is 13.6. The van der Waals surface area contributed by atoms with Crippen LogP contribution in [0.25, 0.3) is 0 Å². The van der Waals surface area contributed by atoms with E-state index in [4.69, 9.17) is 4.74 Å². The summed E-state index contributed by atoms with van der Waals surface area (Å²) in [5, 5.41) is 3.15. The number of sulfonamides is 1. The van der Waals surface area contributed by atoms with Crippen LogP contribution in [0.3, 0.4) is 0 Å². The van der Waals surface area contributed by atoms with Gasteiger partial charge in [0.1, 0.15) is 17.6 Å². The van der Waals surface area contributed by atoms with Gasteiger partial charge in [0, 0.05) is 25.6 Å². The van der Waals surface area contributed by atoms with Crippen molar-refractivity contribution in [2.75, 3.05) is 24.2 Å². The van der Waals surface area contributed by atoms with E-state index in [0.717, 1.165) is 41.8 Å². The van der Waals surface area contributed by atoms with E-state index in [9.17, 15) is 22.4 Å². The number of methoxy groups -OCH3 is 1. The van der Waals surface area contributed by atoms with E-state index in [1.807, 2.05) is 19.1 Å². The second kappa shape index (κ2) is 14.3. The quantitative estimate of drug-likeness (QED) is 0.385. The second-order valence-electron chi connectivity index (χ2n) is 10.0. The van der Waals surface area contributed by atoms with Crippen molar-refractivity contribution in [1.82, 2.24) is 10.2 Å². The monoisotopic (exact) mass is 561 g/mol. The molecule has 39 heavy (non-hydrogen) atoms. The molecule has 0 bridgehead atoms. The lowest BCUT2D eigenvalue weighted by molar-refractivity contribution is -0.141. The lowest BCUT2D eigenvalue weighted by Gasteiger charge is -2.33. The fraction of sp³-hybridized carbons (Fsp3) is 0.517. The summed E-state index contributed by atoms with van der Waals surface area (Å²) in [6, 6.07) is 12.4. The number of hydrogen-bond acceptors (Lipinski definition) is 5. The molecule has 0 heterocycles. The molecule has 0 unspecified atom stereocenters. The van der Waals surface area contributed by atoms with Crippen LogP contribution in [-0.4, -0.2) is 57.1 Å². The van der Waals surface area contributed by atoms with E-state index in [-0.39, 0.29) is 49.5 Å². The number of ether oxygens (including phenoxy) is 1. The second-order valence-corrected chi connectivity index (χ2v) is 11.9. The topological polar surface area (TPSA) is 96.0 Å². The van der Waals surface area contributed by atoms with Gasteiger partial charge in [-0.25, -0.2) is 12.8 Å². The lowest BCUT2D eigenvalue weighted by Crippen LogP contribution is -2.51. The Morgan fingerprint density at radius 2 is 1.74 bits per heavy atom. The van der Waals surface area contributed by atoms with Crippen molar-refractivity contribution in [3.05, 3.63) is 59.9 Å². The molecule has 1 aliphatic rings. The Morgan fingerprint density at radius 3 is 2.33 bits per heavy atom. The molecule has 3 rings (SSSR count). The van der Waals surface area contributed by atoms with E-state index < -0.39 is 21.9 Å². The average molecular weight is 562 g/mol. The number of nitrogens with zero attached hydrogens (tertiary/aromatic N) is 2. The number of hydrogen-bond donors (Lipinski definition) is 1. The summed E-state index contributed by atoms with van der Waals surface area (Å²) >= 11 is 0. The summed E-state index contributed by atoms with van der Waals surface area (Å²) in [5.41, 5.74) is 0.790. The number of para-hydroxylation sites is 1. The summed E-state index contributed by atoms with van der Waals surface area (Å²) in [5.74, 6) is -0.401. The Labute approximate surface area is 231 Å². The summed E-state index contributed by atoms with van der Waals surface area (Å²) < 4.78 is 45.4. The van der Waals surface area contributed by atoms with Gasteiger partial charge in [-0.3, -0.25) is 13.9 Å². The number of amides is 2. The average Bonchev–Trinajstić information content (AvgIpc) is 2.91. The molecule has 2 aromatic rings. The lowest BCUT2D eigenvalue weighted by atomic mass is 9.95. The normalized spacial score (nSPS) is 14.9.